The van der Waals surface area contributed by atoms with Crippen LogP contribution in [0.5, 0.6) is 0 Å². The zero-order valence-electron chi connectivity index (χ0n) is 10.5. The van der Waals surface area contributed by atoms with Crippen LogP contribution in [0, 0.1) is 5.82 Å². The predicted octanol–water partition coefficient (Wildman–Crippen LogP) is 4.98. The molecule has 1 atom stereocenters. The molecule has 0 saturated heterocycles. The smallest absolute Gasteiger partial charge is 0.123 e. The Bertz CT molecular complexity index is 555. The van der Waals surface area contributed by atoms with Gasteiger partial charge in [-0.1, -0.05) is 41.4 Å². The molecule has 0 spiro atoms. The third-order valence-electron chi connectivity index (χ3n) is 2.97. The SMILES string of the molecule is C[C@@H](NCc1ccc(Cl)c(Cl)c1)c1ccc(F)cc1. The summed E-state index contributed by atoms with van der Waals surface area (Å²) >= 11 is 11.8. The monoisotopic (exact) mass is 297 g/mol. The molecule has 0 aliphatic rings. The second kappa shape index (κ2) is 6.38. The van der Waals surface area contributed by atoms with Gasteiger partial charge in [0.15, 0.2) is 0 Å². The summed E-state index contributed by atoms with van der Waals surface area (Å²) in [6.07, 6.45) is 0. The van der Waals surface area contributed by atoms with Crippen LogP contribution in [0.4, 0.5) is 4.39 Å². The Morgan fingerprint density at radius 2 is 1.74 bits per heavy atom. The maximum absolute atomic E-state index is 12.8. The largest absolute Gasteiger partial charge is 0.306 e. The summed E-state index contributed by atoms with van der Waals surface area (Å²) in [6, 6.07) is 12.2. The van der Waals surface area contributed by atoms with Gasteiger partial charge in [-0.15, -0.1) is 0 Å². The number of nitrogens with one attached hydrogen (secondary N) is 1. The number of halogens is 3. The molecule has 0 bridgehead atoms. The second-order valence-corrected chi connectivity index (χ2v) is 5.22. The van der Waals surface area contributed by atoms with Crippen molar-refractivity contribution in [1.29, 1.82) is 0 Å². The van der Waals surface area contributed by atoms with Crippen molar-refractivity contribution >= 4 is 23.2 Å². The van der Waals surface area contributed by atoms with Crippen molar-refractivity contribution in [3.05, 3.63) is 69.5 Å². The fourth-order valence-corrected chi connectivity index (χ4v) is 2.11. The minimum atomic E-state index is -0.222. The molecule has 0 aromatic heterocycles. The van der Waals surface area contributed by atoms with Crippen molar-refractivity contribution in [2.75, 3.05) is 0 Å². The summed E-state index contributed by atoms with van der Waals surface area (Å²) in [4.78, 5) is 0. The van der Waals surface area contributed by atoms with Crippen molar-refractivity contribution in [2.24, 2.45) is 0 Å². The first-order chi connectivity index (χ1) is 9.06. The van der Waals surface area contributed by atoms with E-state index in [2.05, 4.69) is 5.32 Å². The molecule has 2 aromatic carbocycles. The lowest BCUT2D eigenvalue weighted by Gasteiger charge is -2.14. The van der Waals surface area contributed by atoms with Gasteiger partial charge in [-0.25, -0.2) is 4.39 Å². The van der Waals surface area contributed by atoms with Crippen molar-refractivity contribution in [3.8, 4) is 0 Å². The molecule has 4 heteroatoms. The van der Waals surface area contributed by atoms with Gasteiger partial charge in [0.25, 0.3) is 0 Å². The van der Waals surface area contributed by atoms with E-state index in [1.165, 1.54) is 12.1 Å². The lowest BCUT2D eigenvalue weighted by atomic mass is 10.1. The lowest BCUT2D eigenvalue weighted by molar-refractivity contribution is 0.571. The van der Waals surface area contributed by atoms with E-state index in [-0.39, 0.29) is 11.9 Å². The number of hydrogen-bond donors (Lipinski definition) is 1. The topological polar surface area (TPSA) is 12.0 Å². The van der Waals surface area contributed by atoms with Crippen molar-refractivity contribution in [1.82, 2.24) is 5.32 Å². The molecular weight excluding hydrogens is 284 g/mol. The fourth-order valence-electron chi connectivity index (χ4n) is 1.79. The van der Waals surface area contributed by atoms with E-state index in [1.807, 2.05) is 19.1 Å². The Morgan fingerprint density at radius 3 is 2.37 bits per heavy atom. The van der Waals surface area contributed by atoms with Crippen LogP contribution in [0.25, 0.3) is 0 Å². The number of hydrogen-bond acceptors (Lipinski definition) is 1. The van der Waals surface area contributed by atoms with Gasteiger partial charge in [-0.3, -0.25) is 0 Å². The molecule has 0 unspecified atom stereocenters. The van der Waals surface area contributed by atoms with Crippen LogP contribution >= 0.6 is 23.2 Å². The van der Waals surface area contributed by atoms with Gasteiger partial charge >= 0.3 is 0 Å². The first kappa shape index (κ1) is 14.3. The first-order valence-electron chi connectivity index (χ1n) is 5.99. The minimum absolute atomic E-state index is 0.134. The lowest BCUT2D eigenvalue weighted by Crippen LogP contribution is -2.18. The summed E-state index contributed by atoms with van der Waals surface area (Å²) in [7, 11) is 0. The van der Waals surface area contributed by atoms with Gasteiger partial charge in [-0.05, 0) is 42.3 Å². The number of rotatable bonds is 4. The van der Waals surface area contributed by atoms with Crippen molar-refractivity contribution < 1.29 is 4.39 Å². The molecule has 0 fully saturated rings. The second-order valence-electron chi connectivity index (χ2n) is 4.40. The summed E-state index contributed by atoms with van der Waals surface area (Å²) < 4.78 is 12.8. The van der Waals surface area contributed by atoms with E-state index in [0.717, 1.165) is 11.1 Å². The molecule has 2 rings (SSSR count). The van der Waals surface area contributed by atoms with E-state index >= 15 is 0 Å². The van der Waals surface area contributed by atoms with Crippen LogP contribution in [0.1, 0.15) is 24.1 Å². The highest BCUT2D eigenvalue weighted by molar-refractivity contribution is 6.42. The molecule has 100 valence electrons. The summed E-state index contributed by atoms with van der Waals surface area (Å²) in [5, 5.41) is 4.46. The maximum atomic E-state index is 12.8. The van der Waals surface area contributed by atoms with Crippen LogP contribution in [0.15, 0.2) is 42.5 Å². The Hall–Kier alpha value is -1.09. The molecule has 0 aliphatic heterocycles. The average molecular weight is 298 g/mol. The Morgan fingerprint density at radius 1 is 1.05 bits per heavy atom. The zero-order valence-corrected chi connectivity index (χ0v) is 12.0. The molecule has 2 aromatic rings. The molecule has 1 N–H and O–H groups in total. The van der Waals surface area contributed by atoms with E-state index in [0.29, 0.717) is 16.6 Å². The molecule has 0 saturated carbocycles. The van der Waals surface area contributed by atoms with E-state index in [9.17, 15) is 4.39 Å². The van der Waals surface area contributed by atoms with E-state index < -0.39 is 0 Å². The first-order valence-corrected chi connectivity index (χ1v) is 6.74. The molecule has 0 radical (unpaired) electrons. The highest BCUT2D eigenvalue weighted by Crippen LogP contribution is 2.23. The summed E-state index contributed by atoms with van der Waals surface area (Å²) in [6.45, 7) is 2.71. The predicted molar refractivity (Wildman–Crippen MR) is 78.1 cm³/mol. The Labute approximate surface area is 122 Å². The third kappa shape index (κ3) is 3.93. The quantitative estimate of drug-likeness (QED) is 0.839. The highest BCUT2D eigenvalue weighted by Gasteiger charge is 2.06. The van der Waals surface area contributed by atoms with Crippen LogP contribution in [-0.2, 0) is 6.54 Å². The molecule has 0 aliphatic carbocycles. The number of benzene rings is 2. The molecule has 19 heavy (non-hydrogen) atoms. The molecular formula is C15H14Cl2FN. The van der Waals surface area contributed by atoms with Crippen LogP contribution < -0.4 is 5.32 Å². The molecule has 0 heterocycles. The summed E-state index contributed by atoms with van der Waals surface area (Å²) in [5.41, 5.74) is 2.10. The van der Waals surface area contributed by atoms with Gasteiger partial charge in [0.2, 0.25) is 0 Å². The van der Waals surface area contributed by atoms with Crippen molar-refractivity contribution in [3.63, 3.8) is 0 Å². The maximum Gasteiger partial charge on any atom is 0.123 e. The normalized spacial score (nSPS) is 12.4. The van der Waals surface area contributed by atoms with Gasteiger partial charge in [0.1, 0.15) is 5.82 Å². The van der Waals surface area contributed by atoms with Crippen LogP contribution in [0.2, 0.25) is 10.0 Å². The third-order valence-corrected chi connectivity index (χ3v) is 3.71. The van der Waals surface area contributed by atoms with Crippen LogP contribution in [0.3, 0.4) is 0 Å². The molecule has 0 amide bonds. The van der Waals surface area contributed by atoms with Crippen molar-refractivity contribution in [2.45, 2.75) is 19.5 Å². The summed E-state index contributed by atoms with van der Waals surface area (Å²) in [5.74, 6) is -0.222. The Balaban J connectivity index is 1.98. The zero-order chi connectivity index (χ0) is 13.8. The van der Waals surface area contributed by atoms with Gasteiger partial charge < -0.3 is 5.32 Å². The fraction of sp³-hybridized carbons (Fsp3) is 0.200. The van der Waals surface area contributed by atoms with E-state index in [4.69, 9.17) is 23.2 Å². The highest BCUT2D eigenvalue weighted by atomic mass is 35.5. The van der Waals surface area contributed by atoms with Gasteiger partial charge in [-0.2, -0.15) is 0 Å². The molecule has 1 nitrogen and oxygen atoms in total. The standard InChI is InChI=1S/C15H14Cl2FN/c1-10(12-3-5-13(18)6-4-12)19-9-11-2-7-14(16)15(17)8-11/h2-8,10,19H,9H2,1H3/t10-/m1/s1. The minimum Gasteiger partial charge on any atom is -0.306 e. The average Bonchev–Trinajstić information content (AvgIpc) is 2.40. The van der Waals surface area contributed by atoms with Gasteiger partial charge in [0, 0.05) is 12.6 Å². The van der Waals surface area contributed by atoms with Gasteiger partial charge in [0.05, 0.1) is 10.0 Å². The van der Waals surface area contributed by atoms with E-state index in [1.54, 1.807) is 18.2 Å². The Kier molecular flexibility index (Phi) is 4.81. The van der Waals surface area contributed by atoms with Crippen LogP contribution in [-0.4, -0.2) is 0 Å².